The van der Waals surface area contributed by atoms with Crippen molar-refractivity contribution in [2.24, 2.45) is 11.8 Å². The number of amides is 1. The van der Waals surface area contributed by atoms with Gasteiger partial charge in [-0.25, -0.2) is 0 Å². The third-order valence-corrected chi connectivity index (χ3v) is 4.18. The van der Waals surface area contributed by atoms with Crippen LogP contribution in [0.5, 0.6) is 0 Å². The molecule has 2 atom stereocenters. The minimum absolute atomic E-state index is 0.0228. The molecule has 0 aromatic heterocycles. The average molecular weight is 284 g/mol. The lowest BCUT2D eigenvalue weighted by atomic mass is 9.85. The highest BCUT2D eigenvalue weighted by Crippen LogP contribution is 2.27. The molecule has 7 heteroatoms. The molecule has 0 spiro atoms. The summed E-state index contributed by atoms with van der Waals surface area (Å²) in [5.41, 5.74) is 0. The van der Waals surface area contributed by atoms with Crippen molar-refractivity contribution in [1.29, 1.82) is 0 Å². The van der Waals surface area contributed by atoms with Crippen molar-refractivity contribution in [2.75, 3.05) is 26.7 Å². The van der Waals surface area contributed by atoms with E-state index in [9.17, 15) is 14.4 Å². The fraction of sp³-hybridized carbons (Fsp3) is 0.769. The van der Waals surface area contributed by atoms with Crippen LogP contribution in [0.2, 0.25) is 0 Å². The van der Waals surface area contributed by atoms with Gasteiger partial charge in [0.1, 0.15) is 0 Å². The Hall–Kier alpha value is -1.63. The summed E-state index contributed by atoms with van der Waals surface area (Å²) in [5.74, 6) is -4.01. The van der Waals surface area contributed by atoms with Crippen LogP contribution >= 0.6 is 0 Å². The van der Waals surface area contributed by atoms with Gasteiger partial charge in [0.25, 0.3) is 0 Å². The quantitative estimate of drug-likeness (QED) is 0.720. The van der Waals surface area contributed by atoms with Gasteiger partial charge >= 0.3 is 11.9 Å². The number of carboxylic acid groups (broad SMARTS) is 2. The van der Waals surface area contributed by atoms with Crippen LogP contribution in [0.3, 0.4) is 0 Å². The van der Waals surface area contributed by atoms with Gasteiger partial charge < -0.3 is 15.1 Å². The minimum Gasteiger partial charge on any atom is -0.481 e. The summed E-state index contributed by atoms with van der Waals surface area (Å²) < 4.78 is 0. The van der Waals surface area contributed by atoms with E-state index in [2.05, 4.69) is 0 Å². The molecule has 2 fully saturated rings. The Balaban J connectivity index is 1.92. The highest BCUT2D eigenvalue weighted by atomic mass is 16.4. The van der Waals surface area contributed by atoms with Gasteiger partial charge in [-0.3, -0.25) is 19.3 Å². The first-order valence-corrected chi connectivity index (χ1v) is 6.83. The summed E-state index contributed by atoms with van der Waals surface area (Å²) in [6.45, 7) is 0.741. The molecule has 2 aliphatic rings. The van der Waals surface area contributed by atoms with Crippen molar-refractivity contribution < 1.29 is 24.6 Å². The highest BCUT2D eigenvalue weighted by Gasteiger charge is 2.39. The summed E-state index contributed by atoms with van der Waals surface area (Å²) in [7, 11) is 1.76. The molecule has 2 N–H and O–H groups in total. The Morgan fingerprint density at radius 2 is 1.70 bits per heavy atom. The zero-order chi connectivity index (χ0) is 14.9. The molecule has 0 aromatic carbocycles. The van der Waals surface area contributed by atoms with E-state index in [-0.39, 0.29) is 25.4 Å². The Morgan fingerprint density at radius 1 is 1.10 bits per heavy atom. The van der Waals surface area contributed by atoms with E-state index in [4.69, 9.17) is 10.2 Å². The standard InChI is InChI=1S/C13H20N2O5/c1-14(8-2-3-8)11(16)7-15-5-4-9(12(17)18)10(6-15)13(19)20/h8-10H,2-7H2,1H3,(H,17,18)(H,19,20). The zero-order valence-electron chi connectivity index (χ0n) is 11.5. The van der Waals surface area contributed by atoms with Gasteiger partial charge in [-0.2, -0.15) is 0 Å². The topological polar surface area (TPSA) is 98.2 Å². The van der Waals surface area contributed by atoms with Crippen molar-refractivity contribution >= 4 is 17.8 Å². The third-order valence-electron chi connectivity index (χ3n) is 4.18. The Kier molecular flexibility index (Phi) is 4.27. The number of carbonyl (C=O) groups excluding carboxylic acids is 1. The van der Waals surface area contributed by atoms with E-state index in [0.717, 1.165) is 12.8 Å². The lowest BCUT2D eigenvalue weighted by Crippen LogP contribution is -2.49. The molecule has 1 saturated heterocycles. The second-order valence-electron chi connectivity index (χ2n) is 5.65. The number of carbonyl (C=O) groups is 3. The fourth-order valence-electron chi connectivity index (χ4n) is 2.68. The number of rotatable bonds is 5. The van der Waals surface area contributed by atoms with Crippen LogP contribution in [0.25, 0.3) is 0 Å². The number of hydrogen-bond acceptors (Lipinski definition) is 4. The molecule has 0 radical (unpaired) electrons. The normalized spacial score (nSPS) is 27.1. The van der Waals surface area contributed by atoms with E-state index in [1.165, 1.54) is 0 Å². The van der Waals surface area contributed by atoms with Gasteiger partial charge in [0.2, 0.25) is 5.91 Å². The smallest absolute Gasteiger partial charge is 0.308 e. The van der Waals surface area contributed by atoms with Gasteiger partial charge in [0, 0.05) is 19.6 Å². The summed E-state index contributed by atoms with van der Waals surface area (Å²) in [6, 6.07) is 0.328. The maximum Gasteiger partial charge on any atom is 0.308 e. The Bertz CT molecular complexity index is 421. The zero-order valence-corrected chi connectivity index (χ0v) is 11.5. The van der Waals surface area contributed by atoms with Crippen LogP contribution in [0.4, 0.5) is 0 Å². The Morgan fingerprint density at radius 3 is 2.20 bits per heavy atom. The van der Waals surface area contributed by atoms with Crippen molar-refractivity contribution in [1.82, 2.24) is 9.80 Å². The van der Waals surface area contributed by atoms with Crippen molar-refractivity contribution in [3.8, 4) is 0 Å². The molecule has 2 rings (SSSR count). The predicted molar refractivity (Wildman–Crippen MR) is 69.1 cm³/mol. The molecule has 112 valence electrons. The molecule has 0 bridgehead atoms. The summed E-state index contributed by atoms with van der Waals surface area (Å²) >= 11 is 0. The number of hydrogen-bond donors (Lipinski definition) is 2. The first kappa shape index (κ1) is 14.8. The molecule has 1 aliphatic carbocycles. The number of piperidine rings is 1. The Labute approximate surface area is 117 Å². The molecular weight excluding hydrogens is 264 g/mol. The van der Waals surface area contributed by atoms with Crippen molar-refractivity contribution in [3.63, 3.8) is 0 Å². The van der Waals surface area contributed by atoms with Crippen molar-refractivity contribution in [2.45, 2.75) is 25.3 Å². The summed E-state index contributed by atoms with van der Waals surface area (Å²) in [6.07, 6.45) is 2.33. The second kappa shape index (κ2) is 5.78. The van der Waals surface area contributed by atoms with E-state index in [1.54, 1.807) is 16.8 Å². The monoisotopic (exact) mass is 284 g/mol. The van der Waals surface area contributed by atoms with Crippen LogP contribution < -0.4 is 0 Å². The lowest BCUT2D eigenvalue weighted by Gasteiger charge is -2.34. The van der Waals surface area contributed by atoms with E-state index >= 15 is 0 Å². The van der Waals surface area contributed by atoms with Crippen LogP contribution in [0, 0.1) is 11.8 Å². The summed E-state index contributed by atoms with van der Waals surface area (Å²) in [5, 5.41) is 18.2. The SMILES string of the molecule is CN(C(=O)CN1CCC(C(=O)O)C(C(=O)O)C1)C1CC1. The van der Waals surface area contributed by atoms with Crippen LogP contribution in [0.15, 0.2) is 0 Å². The average Bonchev–Trinajstić information content (AvgIpc) is 3.21. The van der Waals surface area contributed by atoms with Gasteiger partial charge in [-0.05, 0) is 25.8 Å². The second-order valence-corrected chi connectivity index (χ2v) is 5.65. The van der Waals surface area contributed by atoms with Gasteiger partial charge in [-0.1, -0.05) is 0 Å². The van der Waals surface area contributed by atoms with Gasteiger partial charge in [-0.15, -0.1) is 0 Å². The maximum absolute atomic E-state index is 12.0. The number of carboxylic acids is 2. The minimum atomic E-state index is -1.11. The molecule has 1 saturated carbocycles. The summed E-state index contributed by atoms with van der Waals surface area (Å²) in [4.78, 5) is 37.7. The molecule has 20 heavy (non-hydrogen) atoms. The lowest BCUT2D eigenvalue weighted by molar-refractivity contribution is -0.157. The van der Waals surface area contributed by atoms with E-state index in [1.807, 2.05) is 0 Å². The first-order chi connectivity index (χ1) is 9.40. The molecule has 7 nitrogen and oxygen atoms in total. The largest absolute Gasteiger partial charge is 0.481 e. The number of nitrogens with zero attached hydrogens (tertiary/aromatic N) is 2. The molecule has 1 heterocycles. The van der Waals surface area contributed by atoms with E-state index < -0.39 is 23.8 Å². The molecule has 0 aromatic rings. The molecule has 1 aliphatic heterocycles. The van der Waals surface area contributed by atoms with Crippen LogP contribution in [-0.2, 0) is 14.4 Å². The molecular formula is C13H20N2O5. The number of likely N-dealkylation sites (N-methyl/N-ethyl adjacent to an activating group) is 1. The molecule has 1 amide bonds. The predicted octanol–water partition coefficient (Wildman–Crippen LogP) is -0.285. The third kappa shape index (κ3) is 3.27. The van der Waals surface area contributed by atoms with Crippen LogP contribution in [-0.4, -0.2) is 70.6 Å². The molecule has 2 unspecified atom stereocenters. The maximum atomic E-state index is 12.0. The fourth-order valence-corrected chi connectivity index (χ4v) is 2.68. The first-order valence-electron chi connectivity index (χ1n) is 6.83. The van der Waals surface area contributed by atoms with Gasteiger partial charge in [0.15, 0.2) is 0 Å². The highest BCUT2D eigenvalue weighted by molar-refractivity contribution is 5.81. The van der Waals surface area contributed by atoms with Crippen molar-refractivity contribution in [3.05, 3.63) is 0 Å². The van der Waals surface area contributed by atoms with Gasteiger partial charge in [0.05, 0.1) is 18.4 Å². The number of likely N-dealkylation sites (tertiary alicyclic amines) is 1. The number of aliphatic carboxylic acids is 2. The van der Waals surface area contributed by atoms with E-state index in [0.29, 0.717) is 12.6 Å². The van der Waals surface area contributed by atoms with Crippen LogP contribution in [0.1, 0.15) is 19.3 Å².